The number of aryl methyl sites for hydroxylation is 2. The Labute approximate surface area is 117 Å². The quantitative estimate of drug-likeness (QED) is 0.884. The van der Waals surface area contributed by atoms with E-state index in [1.165, 1.54) is 6.07 Å². The van der Waals surface area contributed by atoms with Gasteiger partial charge in [-0.15, -0.1) is 0 Å². The van der Waals surface area contributed by atoms with Crippen molar-refractivity contribution >= 4 is 11.6 Å². The molecule has 1 atom stereocenters. The molecule has 2 aromatic rings. The number of aliphatic hydroxyl groups is 1. The van der Waals surface area contributed by atoms with Crippen LogP contribution < -0.4 is 0 Å². The van der Waals surface area contributed by atoms with E-state index in [9.17, 15) is 9.50 Å². The summed E-state index contributed by atoms with van der Waals surface area (Å²) in [6.45, 7) is 3.94. The Morgan fingerprint density at radius 1 is 1.21 bits per heavy atom. The lowest BCUT2D eigenvalue weighted by molar-refractivity contribution is 0.176. The highest BCUT2D eigenvalue weighted by molar-refractivity contribution is 6.31. The van der Waals surface area contributed by atoms with Crippen LogP contribution in [-0.4, -0.2) is 5.11 Å². The minimum absolute atomic E-state index is 0.176. The number of rotatable bonds is 3. The molecule has 2 aromatic carbocycles. The van der Waals surface area contributed by atoms with E-state index >= 15 is 0 Å². The zero-order chi connectivity index (χ0) is 14.0. The second-order valence-electron chi connectivity index (χ2n) is 4.78. The van der Waals surface area contributed by atoms with E-state index in [0.717, 1.165) is 16.7 Å². The molecule has 0 aliphatic heterocycles. The third kappa shape index (κ3) is 3.14. The molecule has 0 amide bonds. The molecule has 3 heteroatoms. The van der Waals surface area contributed by atoms with Gasteiger partial charge < -0.3 is 5.11 Å². The van der Waals surface area contributed by atoms with Crippen molar-refractivity contribution in [3.63, 3.8) is 0 Å². The maximum absolute atomic E-state index is 13.7. The van der Waals surface area contributed by atoms with Gasteiger partial charge in [-0.1, -0.05) is 41.4 Å². The number of hydrogen-bond donors (Lipinski definition) is 1. The molecule has 2 rings (SSSR count). The first-order valence-corrected chi connectivity index (χ1v) is 6.55. The third-order valence-electron chi connectivity index (χ3n) is 3.24. The van der Waals surface area contributed by atoms with Gasteiger partial charge in [0.25, 0.3) is 0 Å². The molecule has 1 unspecified atom stereocenters. The molecule has 100 valence electrons. The van der Waals surface area contributed by atoms with Crippen LogP contribution in [0.5, 0.6) is 0 Å². The second kappa shape index (κ2) is 5.72. The molecular weight excluding hydrogens is 263 g/mol. The number of halogens is 2. The van der Waals surface area contributed by atoms with Gasteiger partial charge in [-0.05, 0) is 37.1 Å². The van der Waals surface area contributed by atoms with Gasteiger partial charge in [0.15, 0.2) is 0 Å². The van der Waals surface area contributed by atoms with E-state index in [0.29, 0.717) is 10.6 Å². The summed E-state index contributed by atoms with van der Waals surface area (Å²) in [7, 11) is 0. The molecule has 0 saturated heterocycles. The van der Waals surface area contributed by atoms with Gasteiger partial charge in [0.2, 0.25) is 0 Å². The second-order valence-corrected chi connectivity index (χ2v) is 5.19. The fourth-order valence-corrected chi connectivity index (χ4v) is 2.47. The van der Waals surface area contributed by atoms with Crippen LogP contribution >= 0.6 is 11.6 Å². The summed E-state index contributed by atoms with van der Waals surface area (Å²) in [5.74, 6) is -0.378. The van der Waals surface area contributed by atoms with Gasteiger partial charge in [0.1, 0.15) is 5.82 Å². The van der Waals surface area contributed by atoms with Gasteiger partial charge in [-0.25, -0.2) is 4.39 Å². The fraction of sp³-hybridized carbons (Fsp3) is 0.250. The lowest BCUT2D eigenvalue weighted by Gasteiger charge is -2.15. The smallest absolute Gasteiger partial charge is 0.127 e. The minimum atomic E-state index is -0.755. The third-order valence-corrected chi connectivity index (χ3v) is 3.60. The zero-order valence-corrected chi connectivity index (χ0v) is 11.7. The molecule has 0 heterocycles. The van der Waals surface area contributed by atoms with Gasteiger partial charge in [-0.2, -0.15) is 0 Å². The Hall–Kier alpha value is -1.38. The van der Waals surface area contributed by atoms with E-state index < -0.39 is 6.10 Å². The van der Waals surface area contributed by atoms with Crippen LogP contribution in [0.15, 0.2) is 36.4 Å². The Kier molecular flexibility index (Phi) is 4.23. The Balaban J connectivity index is 2.28. The van der Waals surface area contributed by atoms with Crippen molar-refractivity contribution in [2.24, 2.45) is 0 Å². The van der Waals surface area contributed by atoms with Crippen molar-refractivity contribution in [3.05, 3.63) is 69.5 Å². The fourth-order valence-electron chi connectivity index (χ4n) is 2.23. The predicted octanol–water partition coefficient (Wildman–Crippen LogP) is 4.37. The van der Waals surface area contributed by atoms with Crippen molar-refractivity contribution in [1.82, 2.24) is 0 Å². The minimum Gasteiger partial charge on any atom is -0.388 e. The number of benzene rings is 2. The van der Waals surface area contributed by atoms with Crippen LogP contribution in [0.25, 0.3) is 0 Å². The van der Waals surface area contributed by atoms with Crippen molar-refractivity contribution in [2.45, 2.75) is 26.4 Å². The van der Waals surface area contributed by atoms with E-state index in [1.54, 1.807) is 12.1 Å². The Morgan fingerprint density at radius 3 is 2.58 bits per heavy atom. The number of hydrogen-bond acceptors (Lipinski definition) is 1. The van der Waals surface area contributed by atoms with Crippen LogP contribution in [0.3, 0.4) is 0 Å². The molecule has 0 aromatic heterocycles. The lowest BCUT2D eigenvalue weighted by Crippen LogP contribution is -2.06. The van der Waals surface area contributed by atoms with Gasteiger partial charge >= 0.3 is 0 Å². The van der Waals surface area contributed by atoms with Gasteiger partial charge in [0, 0.05) is 17.0 Å². The average Bonchev–Trinajstić information content (AvgIpc) is 2.33. The molecular formula is C16H16ClFO. The lowest BCUT2D eigenvalue weighted by atomic mass is 9.96. The predicted molar refractivity (Wildman–Crippen MR) is 76.0 cm³/mol. The highest BCUT2D eigenvalue weighted by Crippen LogP contribution is 2.27. The highest BCUT2D eigenvalue weighted by atomic mass is 35.5. The largest absolute Gasteiger partial charge is 0.388 e. The molecule has 0 saturated carbocycles. The first-order valence-electron chi connectivity index (χ1n) is 6.17. The summed E-state index contributed by atoms with van der Waals surface area (Å²) in [5.41, 5.74) is 3.30. The van der Waals surface area contributed by atoms with E-state index in [1.807, 2.05) is 32.0 Å². The molecule has 19 heavy (non-hydrogen) atoms. The van der Waals surface area contributed by atoms with Crippen LogP contribution in [0, 0.1) is 19.7 Å². The molecule has 1 N–H and O–H groups in total. The molecule has 0 spiro atoms. The zero-order valence-electron chi connectivity index (χ0n) is 11.0. The normalized spacial score (nSPS) is 12.5. The molecule has 0 fully saturated rings. The first kappa shape index (κ1) is 14.0. The van der Waals surface area contributed by atoms with Crippen LogP contribution in [-0.2, 0) is 6.42 Å². The van der Waals surface area contributed by atoms with Gasteiger partial charge in [-0.3, -0.25) is 0 Å². The number of aliphatic hydroxyl groups excluding tert-OH is 1. The molecule has 0 aliphatic carbocycles. The highest BCUT2D eigenvalue weighted by Gasteiger charge is 2.15. The van der Waals surface area contributed by atoms with Crippen LogP contribution in [0.4, 0.5) is 4.39 Å². The SMILES string of the molecule is Cc1ccc(C(O)Cc2c(F)cccc2Cl)c(C)c1. The summed E-state index contributed by atoms with van der Waals surface area (Å²) >= 11 is 5.97. The van der Waals surface area contributed by atoms with Crippen molar-refractivity contribution in [1.29, 1.82) is 0 Å². The summed E-state index contributed by atoms with van der Waals surface area (Å²) in [4.78, 5) is 0. The first-order chi connectivity index (χ1) is 8.99. The van der Waals surface area contributed by atoms with Gasteiger partial charge in [0.05, 0.1) is 6.10 Å². The summed E-state index contributed by atoms with van der Waals surface area (Å²) in [5, 5.41) is 10.6. The van der Waals surface area contributed by atoms with E-state index in [-0.39, 0.29) is 12.2 Å². The molecule has 0 aliphatic rings. The van der Waals surface area contributed by atoms with Crippen molar-refractivity contribution in [2.75, 3.05) is 0 Å². The van der Waals surface area contributed by atoms with E-state index in [2.05, 4.69) is 0 Å². The van der Waals surface area contributed by atoms with Crippen LogP contribution in [0.1, 0.15) is 28.4 Å². The maximum atomic E-state index is 13.7. The topological polar surface area (TPSA) is 20.2 Å². The summed E-state index contributed by atoms with van der Waals surface area (Å²) in [6, 6.07) is 10.4. The van der Waals surface area contributed by atoms with Crippen molar-refractivity contribution < 1.29 is 9.50 Å². The summed E-state index contributed by atoms with van der Waals surface area (Å²) < 4.78 is 13.7. The molecule has 0 bridgehead atoms. The molecule has 1 nitrogen and oxygen atoms in total. The Morgan fingerprint density at radius 2 is 1.95 bits per heavy atom. The van der Waals surface area contributed by atoms with Crippen molar-refractivity contribution in [3.8, 4) is 0 Å². The average molecular weight is 279 g/mol. The summed E-state index contributed by atoms with van der Waals surface area (Å²) in [6.07, 6.45) is -0.579. The monoisotopic (exact) mass is 278 g/mol. The maximum Gasteiger partial charge on any atom is 0.127 e. The van der Waals surface area contributed by atoms with Crippen LogP contribution in [0.2, 0.25) is 5.02 Å². The standard InChI is InChI=1S/C16H16ClFO/c1-10-6-7-12(11(2)8-10)16(19)9-13-14(17)4-3-5-15(13)18/h3-8,16,19H,9H2,1-2H3. The van der Waals surface area contributed by atoms with E-state index in [4.69, 9.17) is 11.6 Å². The molecule has 0 radical (unpaired) electrons. The Bertz CT molecular complexity index is 575.